The summed E-state index contributed by atoms with van der Waals surface area (Å²) < 4.78 is 6.94. The lowest BCUT2D eigenvalue weighted by Crippen LogP contribution is -2.33. The summed E-state index contributed by atoms with van der Waals surface area (Å²) >= 11 is 0. The molecule has 1 aromatic carbocycles. The molecule has 2 aromatic heterocycles. The average molecular weight is 382 g/mol. The predicted molar refractivity (Wildman–Crippen MR) is 106 cm³/mol. The number of rotatable bonds is 6. The van der Waals surface area contributed by atoms with Crippen LogP contribution >= 0.6 is 0 Å². The summed E-state index contributed by atoms with van der Waals surface area (Å²) in [7, 11) is 1.65. The minimum Gasteiger partial charge on any atom is -0.383 e. The predicted octanol–water partition coefficient (Wildman–Crippen LogP) is 1.96. The van der Waals surface area contributed by atoms with E-state index in [1.165, 1.54) is 0 Å². The zero-order valence-electron chi connectivity index (χ0n) is 16.6. The molecule has 1 aliphatic heterocycles. The van der Waals surface area contributed by atoms with E-state index >= 15 is 0 Å². The van der Waals surface area contributed by atoms with E-state index in [4.69, 9.17) is 4.74 Å². The number of likely N-dealkylation sites (tertiary alicyclic amines) is 1. The van der Waals surface area contributed by atoms with Gasteiger partial charge in [0.1, 0.15) is 6.04 Å². The summed E-state index contributed by atoms with van der Waals surface area (Å²) in [6.45, 7) is 6.99. The Morgan fingerprint density at radius 1 is 1.21 bits per heavy atom. The van der Waals surface area contributed by atoms with Crippen LogP contribution in [0, 0.1) is 13.8 Å². The second-order valence-corrected chi connectivity index (χ2v) is 7.44. The van der Waals surface area contributed by atoms with E-state index in [9.17, 15) is 4.79 Å². The first-order valence-electron chi connectivity index (χ1n) is 9.72. The fourth-order valence-electron chi connectivity index (χ4n) is 4.04. The van der Waals surface area contributed by atoms with Gasteiger partial charge in [-0.3, -0.25) is 9.69 Å². The van der Waals surface area contributed by atoms with E-state index in [0.717, 1.165) is 48.0 Å². The third kappa shape index (κ3) is 3.33. The van der Waals surface area contributed by atoms with Crippen LogP contribution in [0.15, 0.2) is 23.0 Å². The number of pyridine rings is 1. The van der Waals surface area contributed by atoms with Crippen molar-refractivity contribution in [1.82, 2.24) is 30.1 Å². The first-order chi connectivity index (χ1) is 13.6. The number of aromatic amines is 1. The van der Waals surface area contributed by atoms with Crippen LogP contribution in [0.2, 0.25) is 0 Å². The van der Waals surface area contributed by atoms with Crippen LogP contribution in [0.4, 0.5) is 0 Å². The van der Waals surface area contributed by atoms with Crippen LogP contribution < -0.4 is 5.56 Å². The van der Waals surface area contributed by atoms with Crippen LogP contribution in [-0.2, 0) is 11.3 Å². The Labute approximate surface area is 163 Å². The number of aromatic nitrogens is 5. The van der Waals surface area contributed by atoms with Crippen molar-refractivity contribution in [3.63, 3.8) is 0 Å². The van der Waals surface area contributed by atoms with Gasteiger partial charge in [-0.15, -0.1) is 5.10 Å². The van der Waals surface area contributed by atoms with Gasteiger partial charge in [-0.05, 0) is 67.4 Å². The number of ether oxygens (including phenoxy) is 1. The second-order valence-electron chi connectivity index (χ2n) is 7.44. The second kappa shape index (κ2) is 7.81. The van der Waals surface area contributed by atoms with E-state index < -0.39 is 0 Å². The van der Waals surface area contributed by atoms with Crippen molar-refractivity contribution >= 4 is 10.9 Å². The number of aryl methyl sites for hydroxylation is 2. The lowest BCUT2D eigenvalue weighted by Gasteiger charge is -2.26. The summed E-state index contributed by atoms with van der Waals surface area (Å²) in [5.74, 6) is 0.689. The highest BCUT2D eigenvalue weighted by atomic mass is 16.5. The fraction of sp³-hybridized carbons (Fsp3) is 0.500. The van der Waals surface area contributed by atoms with Crippen LogP contribution in [0.1, 0.15) is 41.4 Å². The number of fused-ring (bicyclic) bond motifs is 1. The van der Waals surface area contributed by atoms with Gasteiger partial charge in [-0.2, -0.15) is 0 Å². The average Bonchev–Trinajstić information content (AvgIpc) is 3.37. The third-order valence-electron chi connectivity index (χ3n) is 5.58. The number of hydrogen-bond donors (Lipinski definition) is 1. The van der Waals surface area contributed by atoms with E-state index in [-0.39, 0.29) is 11.6 Å². The zero-order valence-corrected chi connectivity index (χ0v) is 16.6. The van der Waals surface area contributed by atoms with Crippen molar-refractivity contribution in [3.8, 4) is 0 Å². The van der Waals surface area contributed by atoms with Crippen molar-refractivity contribution in [2.24, 2.45) is 0 Å². The van der Waals surface area contributed by atoms with Crippen molar-refractivity contribution in [3.05, 3.63) is 51.1 Å². The van der Waals surface area contributed by atoms with E-state index in [2.05, 4.69) is 38.4 Å². The molecule has 3 heterocycles. The minimum absolute atomic E-state index is 0.0839. The van der Waals surface area contributed by atoms with Gasteiger partial charge in [0.2, 0.25) is 0 Å². The van der Waals surface area contributed by atoms with Crippen molar-refractivity contribution in [2.45, 2.75) is 39.3 Å². The molecule has 0 aliphatic carbocycles. The van der Waals surface area contributed by atoms with Gasteiger partial charge in [-0.1, -0.05) is 12.1 Å². The monoisotopic (exact) mass is 382 g/mol. The van der Waals surface area contributed by atoms with Crippen molar-refractivity contribution < 1.29 is 4.74 Å². The summed E-state index contributed by atoms with van der Waals surface area (Å²) in [5.41, 5.74) is 3.70. The van der Waals surface area contributed by atoms with Crippen molar-refractivity contribution in [1.29, 1.82) is 0 Å². The quantitative estimate of drug-likeness (QED) is 0.701. The first-order valence-corrected chi connectivity index (χ1v) is 9.72. The van der Waals surface area contributed by atoms with Gasteiger partial charge in [0.15, 0.2) is 5.82 Å². The van der Waals surface area contributed by atoms with E-state index in [1.807, 2.05) is 19.1 Å². The number of tetrazole rings is 1. The topological polar surface area (TPSA) is 88.9 Å². The molecule has 1 N–H and O–H groups in total. The molecule has 3 aromatic rings. The van der Waals surface area contributed by atoms with Crippen molar-refractivity contribution in [2.75, 3.05) is 26.8 Å². The SMILES string of the molecule is COCCn1nnnc1[C@@H](c1cc2c(C)ccc(C)c2[nH]c1=O)N1CCCC1. The molecular formula is C20H26N6O2. The van der Waals surface area contributed by atoms with E-state index in [1.54, 1.807) is 11.8 Å². The van der Waals surface area contributed by atoms with Crippen LogP contribution in [0.25, 0.3) is 10.9 Å². The number of benzene rings is 1. The maximum absolute atomic E-state index is 13.1. The molecule has 1 atom stereocenters. The highest BCUT2D eigenvalue weighted by Gasteiger charge is 2.32. The molecule has 4 rings (SSSR count). The maximum atomic E-state index is 13.1. The minimum atomic E-state index is -0.276. The normalized spacial score (nSPS) is 16.1. The molecule has 8 heteroatoms. The first kappa shape index (κ1) is 18.8. The van der Waals surface area contributed by atoms with Gasteiger partial charge in [0, 0.05) is 18.1 Å². The Balaban J connectivity index is 1.88. The standard InChI is InChI=1S/C20H26N6O2/c1-13-6-7-14(2)17-15(13)12-16(20(27)21-17)18(25-8-4-5-9-25)19-22-23-24-26(19)10-11-28-3/h6-7,12,18H,4-5,8-11H2,1-3H3,(H,21,27)/t18-/m1/s1. The van der Waals surface area contributed by atoms with Crippen LogP contribution in [0.3, 0.4) is 0 Å². The Morgan fingerprint density at radius 3 is 2.71 bits per heavy atom. The largest absolute Gasteiger partial charge is 0.383 e. The summed E-state index contributed by atoms with van der Waals surface area (Å²) in [6.07, 6.45) is 2.22. The van der Waals surface area contributed by atoms with Gasteiger partial charge in [0.05, 0.1) is 18.7 Å². The molecule has 148 valence electrons. The zero-order chi connectivity index (χ0) is 19.7. The van der Waals surface area contributed by atoms with Crippen LogP contribution in [0.5, 0.6) is 0 Å². The number of methoxy groups -OCH3 is 1. The molecule has 0 spiro atoms. The molecule has 1 saturated heterocycles. The van der Waals surface area contributed by atoms with Gasteiger partial charge < -0.3 is 9.72 Å². The molecular weight excluding hydrogens is 356 g/mol. The molecule has 0 bridgehead atoms. The lowest BCUT2D eigenvalue weighted by atomic mass is 10.00. The highest BCUT2D eigenvalue weighted by Crippen LogP contribution is 2.30. The Morgan fingerprint density at radius 2 is 1.96 bits per heavy atom. The number of H-pyrrole nitrogens is 1. The molecule has 0 unspecified atom stereocenters. The fourth-order valence-corrected chi connectivity index (χ4v) is 4.04. The maximum Gasteiger partial charge on any atom is 0.253 e. The van der Waals surface area contributed by atoms with Gasteiger partial charge in [-0.25, -0.2) is 4.68 Å². The highest BCUT2D eigenvalue weighted by molar-refractivity contribution is 5.85. The van der Waals surface area contributed by atoms with E-state index in [0.29, 0.717) is 24.5 Å². The summed E-state index contributed by atoms with van der Waals surface area (Å²) in [5, 5.41) is 13.4. The number of nitrogens with one attached hydrogen (secondary N) is 1. The molecule has 28 heavy (non-hydrogen) atoms. The summed E-state index contributed by atoms with van der Waals surface area (Å²) in [4.78, 5) is 18.5. The third-order valence-corrected chi connectivity index (χ3v) is 5.58. The lowest BCUT2D eigenvalue weighted by molar-refractivity contribution is 0.178. The Hall–Kier alpha value is -2.58. The number of nitrogens with zero attached hydrogens (tertiary/aromatic N) is 5. The van der Waals surface area contributed by atoms with Crippen LogP contribution in [-0.4, -0.2) is 56.9 Å². The smallest absolute Gasteiger partial charge is 0.253 e. The molecule has 0 saturated carbocycles. The molecule has 0 radical (unpaired) electrons. The molecule has 0 amide bonds. The molecule has 8 nitrogen and oxygen atoms in total. The Kier molecular flexibility index (Phi) is 5.23. The summed E-state index contributed by atoms with van der Waals surface area (Å²) in [6, 6.07) is 5.88. The molecule has 1 aliphatic rings. The Bertz CT molecular complexity index is 1030. The van der Waals surface area contributed by atoms with Gasteiger partial charge >= 0.3 is 0 Å². The van der Waals surface area contributed by atoms with Gasteiger partial charge in [0.25, 0.3) is 5.56 Å². The number of hydrogen-bond acceptors (Lipinski definition) is 6. The molecule has 1 fully saturated rings.